The van der Waals surface area contributed by atoms with Crippen molar-refractivity contribution in [3.05, 3.63) is 77.8 Å². The van der Waals surface area contributed by atoms with E-state index in [-0.39, 0.29) is 17.6 Å². The average molecular weight is 404 g/mol. The van der Waals surface area contributed by atoms with Gasteiger partial charge in [0.15, 0.2) is 5.65 Å². The summed E-state index contributed by atoms with van der Waals surface area (Å²) in [4.78, 5) is 15.1. The summed E-state index contributed by atoms with van der Waals surface area (Å²) in [6, 6.07) is 11.9. The van der Waals surface area contributed by atoms with Gasteiger partial charge in [0.25, 0.3) is 5.91 Å². The SMILES string of the molecule is Cc1c(C(=O)N2CCCC(c3nnc4ccccn34)C2)cnn1-c1ccc(F)cc1. The third kappa shape index (κ3) is 3.14. The quantitative estimate of drug-likeness (QED) is 0.525. The number of piperidine rings is 1. The van der Waals surface area contributed by atoms with Crippen LogP contribution in [0.2, 0.25) is 0 Å². The van der Waals surface area contributed by atoms with Gasteiger partial charge in [-0.3, -0.25) is 9.20 Å². The molecule has 1 aliphatic rings. The highest BCUT2D eigenvalue weighted by Crippen LogP contribution is 2.27. The number of benzene rings is 1. The molecule has 4 aromatic rings. The van der Waals surface area contributed by atoms with E-state index in [9.17, 15) is 9.18 Å². The zero-order chi connectivity index (χ0) is 20.7. The summed E-state index contributed by atoms with van der Waals surface area (Å²) in [6.45, 7) is 3.15. The normalized spacial score (nSPS) is 16.9. The van der Waals surface area contributed by atoms with Gasteiger partial charge in [-0.05, 0) is 56.2 Å². The molecule has 0 N–H and O–H groups in total. The number of halogens is 1. The number of carbonyl (C=O) groups is 1. The summed E-state index contributed by atoms with van der Waals surface area (Å²) in [5.41, 5.74) is 2.83. The zero-order valence-corrected chi connectivity index (χ0v) is 16.6. The first-order valence-electron chi connectivity index (χ1n) is 10.0. The molecule has 7 nitrogen and oxygen atoms in total. The molecular weight excluding hydrogens is 383 g/mol. The Morgan fingerprint density at radius 3 is 2.80 bits per heavy atom. The Hall–Kier alpha value is -3.55. The number of hydrogen-bond acceptors (Lipinski definition) is 4. The molecule has 1 atom stereocenters. The lowest BCUT2D eigenvalue weighted by molar-refractivity contribution is 0.0703. The minimum absolute atomic E-state index is 0.0422. The molecule has 1 aliphatic heterocycles. The highest BCUT2D eigenvalue weighted by atomic mass is 19.1. The van der Waals surface area contributed by atoms with Crippen LogP contribution in [-0.2, 0) is 0 Å². The number of fused-ring (bicyclic) bond motifs is 1. The second-order valence-corrected chi connectivity index (χ2v) is 7.61. The fraction of sp³-hybridized carbons (Fsp3) is 0.273. The lowest BCUT2D eigenvalue weighted by Gasteiger charge is -2.32. The summed E-state index contributed by atoms with van der Waals surface area (Å²) >= 11 is 0. The third-order valence-corrected chi connectivity index (χ3v) is 5.73. The molecule has 1 unspecified atom stereocenters. The van der Waals surface area contributed by atoms with Crippen LogP contribution >= 0.6 is 0 Å². The van der Waals surface area contributed by atoms with E-state index in [1.165, 1.54) is 12.1 Å². The first-order chi connectivity index (χ1) is 14.6. The molecule has 8 heteroatoms. The van der Waals surface area contributed by atoms with Crippen molar-refractivity contribution >= 4 is 11.6 Å². The number of pyridine rings is 1. The van der Waals surface area contributed by atoms with Crippen LogP contribution in [0.5, 0.6) is 0 Å². The minimum Gasteiger partial charge on any atom is -0.338 e. The van der Waals surface area contributed by atoms with Crippen LogP contribution in [0.4, 0.5) is 4.39 Å². The molecule has 0 saturated carbocycles. The molecule has 152 valence electrons. The van der Waals surface area contributed by atoms with E-state index < -0.39 is 0 Å². The molecule has 5 rings (SSSR count). The molecule has 0 radical (unpaired) electrons. The molecule has 4 heterocycles. The van der Waals surface area contributed by atoms with Crippen LogP contribution in [0.3, 0.4) is 0 Å². The Morgan fingerprint density at radius 1 is 1.13 bits per heavy atom. The number of likely N-dealkylation sites (tertiary alicyclic amines) is 1. The van der Waals surface area contributed by atoms with Crippen LogP contribution in [-0.4, -0.2) is 48.3 Å². The summed E-state index contributed by atoms with van der Waals surface area (Å²) < 4.78 is 16.9. The van der Waals surface area contributed by atoms with E-state index in [2.05, 4.69) is 15.3 Å². The van der Waals surface area contributed by atoms with Gasteiger partial charge in [0.1, 0.15) is 11.6 Å². The van der Waals surface area contributed by atoms with E-state index in [1.54, 1.807) is 23.0 Å². The number of amides is 1. The van der Waals surface area contributed by atoms with Crippen LogP contribution < -0.4 is 0 Å². The monoisotopic (exact) mass is 404 g/mol. The summed E-state index contributed by atoms with van der Waals surface area (Å²) in [7, 11) is 0. The van der Waals surface area contributed by atoms with E-state index in [0.717, 1.165) is 35.7 Å². The van der Waals surface area contributed by atoms with Crippen LogP contribution in [0, 0.1) is 12.7 Å². The van der Waals surface area contributed by atoms with E-state index >= 15 is 0 Å². The number of carbonyl (C=O) groups excluding carboxylic acids is 1. The van der Waals surface area contributed by atoms with Crippen LogP contribution in [0.1, 0.15) is 40.6 Å². The standard InChI is InChI=1S/C22H21FN6O/c1-15-19(13-24-29(15)18-9-7-17(23)8-10-18)22(30)27-11-4-5-16(14-27)21-26-25-20-6-2-3-12-28(20)21/h2-3,6-10,12-13,16H,4-5,11,14H2,1H3. The molecule has 3 aromatic heterocycles. The highest BCUT2D eigenvalue weighted by Gasteiger charge is 2.30. The third-order valence-electron chi connectivity index (χ3n) is 5.73. The van der Waals surface area contributed by atoms with E-state index in [4.69, 9.17) is 0 Å². The van der Waals surface area contributed by atoms with Crippen molar-refractivity contribution in [3.8, 4) is 5.69 Å². The molecule has 0 aliphatic carbocycles. The largest absolute Gasteiger partial charge is 0.338 e. The van der Waals surface area contributed by atoms with Crippen molar-refractivity contribution in [2.45, 2.75) is 25.7 Å². The molecule has 1 amide bonds. The Morgan fingerprint density at radius 2 is 1.97 bits per heavy atom. The molecule has 0 spiro atoms. The van der Waals surface area contributed by atoms with Gasteiger partial charge in [-0.1, -0.05) is 6.07 Å². The molecule has 0 bridgehead atoms. The summed E-state index contributed by atoms with van der Waals surface area (Å²) in [5, 5.41) is 13.0. The van der Waals surface area contributed by atoms with Crippen molar-refractivity contribution in [3.63, 3.8) is 0 Å². The van der Waals surface area contributed by atoms with Gasteiger partial charge in [-0.25, -0.2) is 9.07 Å². The van der Waals surface area contributed by atoms with Crippen molar-refractivity contribution in [2.75, 3.05) is 13.1 Å². The fourth-order valence-electron chi connectivity index (χ4n) is 4.14. The van der Waals surface area contributed by atoms with Crippen LogP contribution in [0.25, 0.3) is 11.3 Å². The maximum absolute atomic E-state index is 13.3. The lowest BCUT2D eigenvalue weighted by Crippen LogP contribution is -2.39. The highest BCUT2D eigenvalue weighted by molar-refractivity contribution is 5.95. The lowest BCUT2D eigenvalue weighted by atomic mass is 9.96. The van der Waals surface area contributed by atoms with Gasteiger partial charge in [0.2, 0.25) is 0 Å². The average Bonchev–Trinajstić information content (AvgIpc) is 3.38. The molecule has 1 saturated heterocycles. The Balaban J connectivity index is 1.39. The summed E-state index contributed by atoms with van der Waals surface area (Å²) in [6.07, 6.45) is 5.43. The van der Waals surface area contributed by atoms with E-state index in [1.807, 2.05) is 40.6 Å². The predicted molar refractivity (Wildman–Crippen MR) is 109 cm³/mol. The Labute approximate surface area is 172 Å². The number of hydrogen-bond donors (Lipinski definition) is 0. The van der Waals surface area contributed by atoms with Gasteiger partial charge in [0, 0.05) is 25.2 Å². The van der Waals surface area contributed by atoms with Gasteiger partial charge in [-0.2, -0.15) is 5.10 Å². The van der Waals surface area contributed by atoms with Gasteiger partial charge in [0.05, 0.1) is 23.1 Å². The van der Waals surface area contributed by atoms with Crippen LogP contribution in [0.15, 0.2) is 54.9 Å². The molecule has 1 fully saturated rings. The van der Waals surface area contributed by atoms with Gasteiger partial charge < -0.3 is 4.90 Å². The Kier molecular flexibility index (Phi) is 4.54. The smallest absolute Gasteiger partial charge is 0.257 e. The van der Waals surface area contributed by atoms with Crippen molar-refractivity contribution < 1.29 is 9.18 Å². The Bertz CT molecular complexity index is 1210. The molecule has 1 aromatic carbocycles. The number of rotatable bonds is 3. The molecule has 30 heavy (non-hydrogen) atoms. The fourth-order valence-corrected chi connectivity index (χ4v) is 4.14. The van der Waals surface area contributed by atoms with E-state index in [0.29, 0.717) is 18.7 Å². The van der Waals surface area contributed by atoms with Crippen molar-refractivity contribution in [2.24, 2.45) is 0 Å². The number of aromatic nitrogens is 5. The first kappa shape index (κ1) is 18.5. The first-order valence-corrected chi connectivity index (χ1v) is 10.0. The maximum atomic E-state index is 13.3. The second kappa shape index (κ2) is 7.37. The zero-order valence-electron chi connectivity index (χ0n) is 16.6. The minimum atomic E-state index is -0.305. The second-order valence-electron chi connectivity index (χ2n) is 7.61. The van der Waals surface area contributed by atoms with Crippen molar-refractivity contribution in [1.82, 2.24) is 29.3 Å². The van der Waals surface area contributed by atoms with Gasteiger partial charge >= 0.3 is 0 Å². The predicted octanol–water partition coefficient (Wildman–Crippen LogP) is 3.38. The number of nitrogens with zero attached hydrogens (tertiary/aromatic N) is 6. The summed E-state index contributed by atoms with van der Waals surface area (Å²) in [5.74, 6) is 0.675. The van der Waals surface area contributed by atoms with Crippen molar-refractivity contribution in [1.29, 1.82) is 0 Å². The van der Waals surface area contributed by atoms with Gasteiger partial charge in [-0.15, -0.1) is 10.2 Å². The maximum Gasteiger partial charge on any atom is 0.257 e. The topological polar surface area (TPSA) is 68.3 Å². The molecular formula is C22H21FN6O.